The first-order valence-electron chi connectivity index (χ1n) is 8.10. The fraction of sp³-hybridized carbons (Fsp3) is 0.158. The van der Waals surface area contributed by atoms with E-state index in [1.165, 1.54) is 35.6 Å². The van der Waals surface area contributed by atoms with Gasteiger partial charge in [0.1, 0.15) is 17.9 Å². The molecule has 146 valence electrons. The number of hydrogen-bond acceptors (Lipinski definition) is 3. The molecule has 0 spiro atoms. The van der Waals surface area contributed by atoms with E-state index in [4.69, 9.17) is 0 Å². The number of aromatic nitrogens is 1. The predicted octanol–water partition coefficient (Wildman–Crippen LogP) is 3.97. The molecule has 0 unspecified atom stereocenters. The van der Waals surface area contributed by atoms with Crippen LogP contribution in [0.1, 0.15) is 22.0 Å². The van der Waals surface area contributed by atoms with Gasteiger partial charge >= 0.3 is 6.18 Å². The molecule has 0 bridgehead atoms. The molecule has 0 aliphatic carbocycles. The first-order valence-corrected chi connectivity index (χ1v) is 8.98. The smallest absolute Gasteiger partial charge is 0.343 e. The molecule has 0 radical (unpaired) electrons. The highest BCUT2D eigenvalue weighted by Crippen LogP contribution is 2.27. The van der Waals surface area contributed by atoms with Crippen molar-refractivity contribution in [2.45, 2.75) is 18.8 Å². The van der Waals surface area contributed by atoms with Gasteiger partial charge in [0.2, 0.25) is 5.91 Å². The number of benzene rings is 1. The number of carbonyl (C=O) groups excluding carboxylic acids is 1. The third-order valence-corrected chi connectivity index (χ3v) is 4.91. The van der Waals surface area contributed by atoms with Crippen LogP contribution in [0.2, 0.25) is 0 Å². The highest BCUT2D eigenvalue weighted by atomic mass is 32.1. The quantitative estimate of drug-likeness (QED) is 0.647. The van der Waals surface area contributed by atoms with E-state index >= 15 is 0 Å². The number of rotatable bonds is 5. The predicted molar refractivity (Wildman–Crippen MR) is 96.4 cm³/mol. The third-order valence-electron chi connectivity index (χ3n) is 3.98. The molecule has 0 fully saturated rings. The average Bonchev–Trinajstić information content (AvgIpc) is 3.16. The molecule has 3 aromatic rings. The fourth-order valence-electron chi connectivity index (χ4n) is 2.67. The van der Waals surface area contributed by atoms with Gasteiger partial charge in [-0.25, -0.2) is 4.39 Å². The van der Waals surface area contributed by atoms with E-state index in [2.05, 4.69) is 5.32 Å². The van der Waals surface area contributed by atoms with Crippen LogP contribution >= 0.6 is 11.3 Å². The minimum absolute atomic E-state index is 0.435. The number of halogens is 4. The van der Waals surface area contributed by atoms with Gasteiger partial charge in [-0.3, -0.25) is 9.59 Å². The number of pyridine rings is 1. The molecular formula is C19H14F4N2O2S. The molecule has 3 rings (SSSR count). The molecule has 4 nitrogen and oxygen atoms in total. The first kappa shape index (κ1) is 19.8. The molecular weight excluding hydrogens is 396 g/mol. The van der Waals surface area contributed by atoms with Gasteiger partial charge in [0.05, 0.1) is 6.04 Å². The number of hydrogen-bond donors (Lipinski definition) is 1. The first-order chi connectivity index (χ1) is 13.3. The Balaban J connectivity index is 1.84. The van der Waals surface area contributed by atoms with Crippen molar-refractivity contribution in [3.8, 4) is 0 Å². The van der Waals surface area contributed by atoms with Crippen LogP contribution < -0.4 is 10.9 Å². The second-order valence-corrected chi connectivity index (χ2v) is 6.90. The SMILES string of the molecule is O=C(Cn1cccc(C(F)(F)F)c1=O)N[C@H](c1ccc(F)cc1)c1cccs1. The molecule has 1 N–H and O–H groups in total. The summed E-state index contributed by atoms with van der Waals surface area (Å²) in [5.74, 6) is -1.08. The standard InChI is InChI=1S/C19H14F4N2O2S/c20-13-7-5-12(6-8-13)17(15-4-2-10-28-15)24-16(26)11-25-9-1-3-14(18(25)27)19(21,22)23/h1-10,17H,11H2,(H,24,26)/t17-/m1/s1. The van der Waals surface area contributed by atoms with Crippen LogP contribution in [-0.4, -0.2) is 10.5 Å². The van der Waals surface area contributed by atoms with Crippen molar-refractivity contribution in [2.24, 2.45) is 0 Å². The van der Waals surface area contributed by atoms with Crippen LogP contribution in [0, 0.1) is 5.82 Å². The zero-order valence-corrected chi connectivity index (χ0v) is 15.1. The lowest BCUT2D eigenvalue weighted by atomic mass is 10.1. The van der Waals surface area contributed by atoms with Gasteiger partial charge in [0.15, 0.2) is 0 Å². The van der Waals surface area contributed by atoms with E-state index < -0.39 is 41.6 Å². The Morgan fingerprint density at radius 1 is 1.11 bits per heavy atom. The number of carbonyl (C=O) groups is 1. The van der Waals surface area contributed by atoms with E-state index in [1.807, 2.05) is 0 Å². The Morgan fingerprint density at radius 3 is 2.43 bits per heavy atom. The molecule has 0 saturated heterocycles. The monoisotopic (exact) mass is 410 g/mol. The van der Waals surface area contributed by atoms with Crippen LogP contribution in [0.5, 0.6) is 0 Å². The summed E-state index contributed by atoms with van der Waals surface area (Å²) in [4.78, 5) is 25.2. The van der Waals surface area contributed by atoms with Gasteiger partial charge < -0.3 is 9.88 Å². The van der Waals surface area contributed by atoms with Crippen LogP contribution in [0.15, 0.2) is 64.9 Å². The second kappa shape index (κ2) is 7.97. The summed E-state index contributed by atoms with van der Waals surface area (Å²) in [5, 5.41) is 4.50. The summed E-state index contributed by atoms with van der Waals surface area (Å²) in [6, 6.07) is 10.2. The Kier molecular flexibility index (Phi) is 5.64. The van der Waals surface area contributed by atoms with Crippen LogP contribution in [0.3, 0.4) is 0 Å². The topological polar surface area (TPSA) is 51.1 Å². The van der Waals surface area contributed by atoms with Crippen molar-refractivity contribution in [1.82, 2.24) is 9.88 Å². The molecule has 2 aromatic heterocycles. The lowest BCUT2D eigenvalue weighted by molar-refractivity contribution is -0.139. The van der Waals surface area contributed by atoms with Crippen molar-refractivity contribution in [2.75, 3.05) is 0 Å². The molecule has 9 heteroatoms. The summed E-state index contributed by atoms with van der Waals surface area (Å²) in [6.07, 6.45) is -3.68. The third kappa shape index (κ3) is 4.48. The number of nitrogens with one attached hydrogen (secondary N) is 1. The minimum atomic E-state index is -4.80. The van der Waals surface area contributed by atoms with E-state index in [0.29, 0.717) is 16.2 Å². The van der Waals surface area contributed by atoms with Crippen molar-refractivity contribution in [3.63, 3.8) is 0 Å². The van der Waals surface area contributed by atoms with Crippen molar-refractivity contribution in [3.05, 3.63) is 92.3 Å². The highest BCUT2D eigenvalue weighted by molar-refractivity contribution is 7.10. The zero-order valence-electron chi connectivity index (χ0n) is 14.2. The summed E-state index contributed by atoms with van der Waals surface area (Å²) < 4.78 is 52.5. The van der Waals surface area contributed by atoms with Gasteiger partial charge in [0, 0.05) is 11.1 Å². The van der Waals surface area contributed by atoms with Gasteiger partial charge in [0.25, 0.3) is 5.56 Å². The molecule has 0 aliphatic heterocycles. The summed E-state index contributed by atoms with van der Waals surface area (Å²) >= 11 is 1.36. The fourth-order valence-corrected chi connectivity index (χ4v) is 3.47. The van der Waals surface area contributed by atoms with E-state index in [9.17, 15) is 27.2 Å². The molecule has 0 aliphatic rings. The van der Waals surface area contributed by atoms with Crippen molar-refractivity contribution < 1.29 is 22.4 Å². The molecule has 1 atom stereocenters. The van der Waals surface area contributed by atoms with Crippen LogP contribution in [0.25, 0.3) is 0 Å². The van der Waals surface area contributed by atoms with E-state index in [1.54, 1.807) is 17.5 Å². The summed E-state index contributed by atoms with van der Waals surface area (Å²) in [7, 11) is 0. The van der Waals surface area contributed by atoms with E-state index in [-0.39, 0.29) is 0 Å². The number of nitrogens with zero attached hydrogens (tertiary/aromatic N) is 1. The average molecular weight is 410 g/mol. The van der Waals surface area contributed by atoms with Gasteiger partial charge in [-0.2, -0.15) is 13.2 Å². The molecule has 0 saturated carbocycles. The maximum Gasteiger partial charge on any atom is 0.421 e. The summed E-state index contributed by atoms with van der Waals surface area (Å²) in [5.41, 5.74) is -2.02. The maximum absolute atomic E-state index is 13.2. The summed E-state index contributed by atoms with van der Waals surface area (Å²) in [6.45, 7) is -0.578. The van der Waals surface area contributed by atoms with Gasteiger partial charge in [-0.05, 0) is 41.3 Å². The minimum Gasteiger partial charge on any atom is -0.343 e. The lowest BCUT2D eigenvalue weighted by Crippen LogP contribution is -2.36. The molecule has 2 heterocycles. The molecule has 1 aromatic carbocycles. The second-order valence-electron chi connectivity index (χ2n) is 5.92. The van der Waals surface area contributed by atoms with Crippen LogP contribution in [-0.2, 0) is 17.5 Å². The number of thiophene rings is 1. The van der Waals surface area contributed by atoms with Crippen LogP contribution in [0.4, 0.5) is 17.6 Å². The van der Waals surface area contributed by atoms with Gasteiger partial charge in [-0.1, -0.05) is 18.2 Å². The number of alkyl halides is 3. The Bertz CT molecular complexity index is 1010. The zero-order chi connectivity index (χ0) is 20.3. The largest absolute Gasteiger partial charge is 0.421 e. The Hall–Kier alpha value is -2.94. The van der Waals surface area contributed by atoms with Crippen molar-refractivity contribution in [1.29, 1.82) is 0 Å². The van der Waals surface area contributed by atoms with Crippen molar-refractivity contribution >= 4 is 17.2 Å². The highest BCUT2D eigenvalue weighted by Gasteiger charge is 2.34. The normalized spacial score (nSPS) is 12.6. The van der Waals surface area contributed by atoms with E-state index in [0.717, 1.165) is 17.1 Å². The Morgan fingerprint density at radius 2 is 1.82 bits per heavy atom. The maximum atomic E-state index is 13.2. The molecule has 1 amide bonds. The molecule has 28 heavy (non-hydrogen) atoms. The number of amides is 1. The lowest BCUT2D eigenvalue weighted by Gasteiger charge is -2.19. The van der Waals surface area contributed by atoms with Gasteiger partial charge in [-0.15, -0.1) is 11.3 Å². The Labute approximate surface area is 161 Å².